The molecule has 3 heterocycles. The molecule has 0 saturated carbocycles. The van der Waals surface area contributed by atoms with Crippen LogP contribution in [0.1, 0.15) is 5.56 Å². The highest BCUT2D eigenvalue weighted by molar-refractivity contribution is 5.94. The first-order valence-corrected chi connectivity index (χ1v) is 8.95. The number of nitrogens with zero attached hydrogens (tertiary/aromatic N) is 4. The van der Waals surface area contributed by atoms with Gasteiger partial charge in [-0.05, 0) is 23.8 Å². The van der Waals surface area contributed by atoms with E-state index in [4.69, 9.17) is 0 Å². The summed E-state index contributed by atoms with van der Waals surface area (Å²) in [5.41, 5.74) is 3.31. The van der Waals surface area contributed by atoms with Crippen LogP contribution in [-0.4, -0.2) is 24.4 Å². The Morgan fingerprint density at radius 1 is 0.929 bits per heavy atom. The van der Waals surface area contributed by atoms with Crippen molar-refractivity contribution in [3.63, 3.8) is 0 Å². The van der Waals surface area contributed by atoms with E-state index in [9.17, 15) is 5.11 Å². The molecular formula is C22H17FN4O. The van der Waals surface area contributed by atoms with Gasteiger partial charge in [0.15, 0.2) is 0 Å². The second-order valence-corrected chi connectivity index (χ2v) is 6.84. The first kappa shape index (κ1) is 16.5. The highest BCUT2D eigenvalue weighted by Gasteiger charge is 2.16. The summed E-state index contributed by atoms with van der Waals surface area (Å²) < 4.78 is 18.8. The molecule has 3 aromatic heterocycles. The average molecular weight is 372 g/mol. The van der Waals surface area contributed by atoms with Gasteiger partial charge in [-0.15, -0.1) is 0 Å². The third-order valence-corrected chi connectivity index (χ3v) is 5.00. The summed E-state index contributed by atoms with van der Waals surface area (Å²) in [6.07, 6.45) is 5.30. The molecule has 6 heteroatoms. The molecule has 0 radical (unpaired) electrons. The van der Waals surface area contributed by atoms with Crippen LogP contribution in [0, 0.1) is 5.82 Å². The Labute approximate surface area is 160 Å². The fourth-order valence-corrected chi connectivity index (χ4v) is 3.68. The summed E-state index contributed by atoms with van der Waals surface area (Å²) in [5.74, 6) is -0.216. The number of pyridine rings is 1. The number of fused-ring (bicyclic) bond motifs is 2. The number of aromatic hydroxyl groups is 1. The van der Waals surface area contributed by atoms with Crippen LogP contribution in [0.15, 0.2) is 67.1 Å². The molecule has 5 nitrogen and oxygen atoms in total. The second-order valence-electron chi connectivity index (χ2n) is 6.84. The maximum Gasteiger partial charge on any atom is 0.201 e. The Morgan fingerprint density at radius 3 is 2.61 bits per heavy atom. The summed E-state index contributed by atoms with van der Waals surface area (Å²) in [7, 11) is 1.85. The molecule has 0 unspecified atom stereocenters. The van der Waals surface area contributed by atoms with Crippen LogP contribution in [0.25, 0.3) is 32.9 Å². The molecule has 1 N–H and O–H groups in total. The first-order valence-electron chi connectivity index (χ1n) is 8.95. The molecule has 0 spiro atoms. The smallest absolute Gasteiger partial charge is 0.201 e. The Kier molecular flexibility index (Phi) is 3.65. The average Bonchev–Trinajstić information content (AvgIpc) is 3.23. The third-order valence-electron chi connectivity index (χ3n) is 5.00. The highest BCUT2D eigenvalue weighted by Crippen LogP contribution is 2.32. The number of aryl methyl sites for hydroxylation is 1. The monoisotopic (exact) mass is 372 g/mol. The molecular weight excluding hydrogens is 355 g/mol. The van der Waals surface area contributed by atoms with Crippen LogP contribution in [0.3, 0.4) is 0 Å². The Bertz CT molecular complexity index is 1340. The van der Waals surface area contributed by atoms with Crippen molar-refractivity contribution in [2.45, 2.75) is 6.54 Å². The van der Waals surface area contributed by atoms with E-state index in [2.05, 4.69) is 10.1 Å². The van der Waals surface area contributed by atoms with Crippen molar-refractivity contribution in [3.05, 3.63) is 78.5 Å². The van der Waals surface area contributed by atoms with Crippen molar-refractivity contribution in [3.8, 4) is 17.0 Å². The number of hydrogen-bond donors (Lipinski definition) is 1. The highest BCUT2D eigenvalue weighted by atomic mass is 19.1. The van der Waals surface area contributed by atoms with Crippen molar-refractivity contribution in [1.29, 1.82) is 0 Å². The maximum absolute atomic E-state index is 15.4. The minimum Gasteiger partial charge on any atom is -0.494 e. The van der Waals surface area contributed by atoms with E-state index in [0.717, 1.165) is 16.5 Å². The van der Waals surface area contributed by atoms with E-state index in [1.54, 1.807) is 45.9 Å². The van der Waals surface area contributed by atoms with Crippen molar-refractivity contribution in [1.82, 2.24) is 19.3 Å². The van der Waals surface area contributed by atoms with Crippen LogP contribution >= 0.6 is 0 Å². The van der Waals surface area contributed by atoms with Gasteiger partial charge >= 0.3 is 0 Å². The van der Waals surface area contributed by atoms with Gasteiger partial charge in [-0.2, -0.15) is 5.10 Å². The second kappa shape index (κ2) is 6.20. The van der Waals surface area contributed by atoms with Crippen molar-refractivity contribution in [2.24, 2.45) is 7.05 Å². The van der Waals surface area contributed by atoms with Gasteiger partial charge in [-0.3, -0.25) is 9.67 Å². The molecule has 5 aromatic rings. The van der Waals surface area contributed by atoms with Gasteiger partial charge in [0.1, 0.15) is 5.82 Å². The Morgan fingerprint density at radius 2 is 1.75 bits per heavy atom. The van der Waals surface area contributed by atoms with Gasteiger partial charge in [0.05, 0.1) is 23.0 Å². The van der Waals surface area contributed by atoms with Crippen LogP contribution in [0.5, 0.6) is 5.88 Å². The zero-order chi connectivity index (χ0) is 19.3. The van der Waals surface area contributed by atoms with Gasteiger partial charge in [0, 0.05) is 42.2 Å². The maximum atomic E-state index is 15.4. The molecule has 28 heavy (non-hydrogen) atoms. The Hall–Kier alpha value is -3.67. The topological polar surface area (TPSA) is 55.9 Å². The molecule has 0 saturated heterocycles. The van der Waals surface area contributed by atoms with E-state index in [-0.39, 0.29) is 18.2 Å². The zero-order valence-corrected chi connectivity index (χ0v) is 15.2. The fraction of sp³-hybridized carbons (Fsp3) is 0.0909. The summed E-state index contributed by atoms with van der Waals surface area (Å²) in [5, 5.41) is 16.4. The van der Waals surface area contributed by atoms with Crippen LogP contribution in [0.2, 0.25) is 0 Å². The van der Waals surface area contributed by atoms with Gasteiger partial charge in [-0.1, -0.05) is 30.3 Å². The van der Waals surface area contributed by atoms with Crippen LogP contribution < -0.4 is 0 Å². The summed E-state index contributed by atoms with van der Waals surface area (Å²) in [6, 6.07) is 14.6. The molecule has 0 aliphatic rings. The van der Waals surface area contributed by atoms with E-state index < -0.39 is 0 Å². The summed E-state index contributed by atoms with van der Waals surface area (Å²) >= 11 is 0. The van der Waals surface area contributed by atoms with Gasteiger partial charge in [-0.25, -0.2) is 4.39 Å². The van der Waals surface area contributed by atoms with E-state index >= 15 is 4.39 Å². The lowest BCUT2D eigenvalue weighted by atomic mass is 9.99. The minimum absolute atomic E-state index is 0.0854. The minimum atomic E-state index is -0.302. The van der Waals surface area contributed by atoms with Crippen molar-refractivity contribution in [2.75, 3.05) is 0 Å². The number of aromatic nitrogens is 4. The van der Waals surface area contributed by atoms with E-state index in [1.165, 1.54) is 0 Å². The quantitative estimate of drug-likeness (QED) is 0.508. The first-order chi connectivity index (χ1) is 13.6. The third kappa shape index (κ3) is 2.53. The number of hydrogen-bond acceptors (Lipinski definition) is 3. The Balaban J connectivity index is 1.61. The lowest BCUT2D eigenvalue weighted by Crippen LogP contribution is -2.01. The van der Waals surface area contributed by atoms with Gasteiger partial charge < -0.3 is 9.67 Å². The van der Waals surface area contributed by atoms with E-state index in [0.29, 0.717) is 22.0 Å². The molecule has 0 atom stereocenters. The lowest BCUT2D eigenvalue weighted by Gasteiger charge is -2.11. The van der Waals surface area contributed by atoms with Crippen LogP contribution in [-0.2, 0) is 13.6 Å². The number of benzene rings is 2. The molecule has 0 fully saturated rings. The largest absolute Gasteiger partial charge is 0.494 e. The van der Waals surface area contributed by atoms with Crippen molar-refractivity contribution >= 4 is 21.8 Å². The molecule has 0 aliphatic carbocycles. The molecule has 5 rings (SSSR count). The molecule has 2 aromatic carbocycles. The SMILES string of the molecule is Cn1cc2c(-c3cccc(Cn4cc5ncccc5c4O)c3F)cccc2n1. The normalized spacial score (nSPS) is 11.5. The van der Waals surface area contributed by atoms with Gasteiger partial charge in [0.25, 0.3) is 0 Å². The van der Waals surface area contributed by atoms with Crippen molar-refractivity contribution < 1.29 is 9.50 Å². The van der Waals surface area contributed by atoms with E-state index in [1.807, 2.05) is 37.5 Å². The predicted octanol–water partition coefficient (Wildman–Crippen LogP) is 4.48. The lowest BCUT2D eigenvalue weighted by molar-refractivity contribution is 0.428. The molecule has 138 valence electrons. The van der Waals surface area contributed by atoms with Crippen LogP contribution in [0.4, 0.5) is 4.39 Å². The zero-order valence-electron chi connectivity index (χ0n) is 15.2. The molecule has 0 amide bonds. The fourth-order valence-electron chi connectivity index (χ4n) is 3.68. The number of rotatable bonds is 3. The molecule has 0 aliphatic heterocycles. The van der Waals surface area contributed by atoms with Gasteiger partial charge in [0.2, 0.25) is 5.88 Å². The predicted molar refractivity (Wildman–Crippen MR) is 107 cm³/mol. The number of halogens is 1. The molecule has 0 bridgehead atoms. The summed E-state index contributed by atoms with van der Waals surface area (Å²) in [6.45, 7) is 0.213. The standard InChI is InChI=1S/C22H17FN4O/c1-26-12-18-15(6-3-9-19(18)25-26)16-7-2-5-14(21(16)23)11-27-13-20-17(22(27)28)8-4-10-24-20/h2-10,12-13,28H,11H2,1H3. The summed E-state index contributed by atoms with van der Waals surface area (Å²) in [4.78, 5) is 4.24.